The van der Waals surface area contributed by atoms with E-state index in [1.54, 1.807) is 37.8 Å². The van der Waals surface area contributed by atoms with E-state index in [1.165, 1.54) is 30.6 Å². The number of hydrogen-bond donors (Lipinski definition) is 1. The minimum atomic E-state index is -0.852. The van der Waals surface area contributed by atoms with Crippen molar-refractivity contribution in [1.82, 2.24) is 15.0 Å². The molecule has 10 heteroatoms. The van der Waals surface area contributed by atoms with Gasteiger partial charge in [-0.3, -0.25) is 9.69 Å². The lowest BCUT2D eigenvalue weighted by molar-refractivity contribution is -0.137. The van der Waals surface area contributed by atoms with Gasteiger partial charge >= 0.3 is 5.97 Å². The minimum Gasteiger partial charge on any atom is -0.468 e. The highest BCUT2D eigenvalue weighted by molar-refractivity contribution is 8.00. The molecule has 3 heterocycles. The van der Waals surface area contributed by atoms with Crippen LogP contribution in [0.25, 0.3) is 0 Å². The Morgan fingerprint density at radius 1 is 1.16 bits per heavy atom. The molecule has 1 unspecified atom stereocenters. The van der Waals surface area contributed by atoms with E-state index in [9.17, 15) is 9.90 Å². The molecule has 1 atom stereocenters. The van der Waals surface area contributed by atoms with Gasteiger partial charge in [0, 0.05) is 36.2 Å². The smallest absolute Gasteiger partial charge is 0.316 e. The molecule has 1 aromatic carbocycles. The van der Waals surface area contributed by atoms with Crippen molar-refractivity contribution in [2.24, 2.45) is 0 Å². The van der Waals surface area contributed by atoms with E-state index in [4.69, 9.17) is 4.74 Å². The summed E-state index contributed by atoms with van der Waals surface area (Å²) in [5.41, 5.74) is 2.28. The number of aliphatic hydroxyl groups is 1. The molecule has 1 aliphatic rings. The summed E-state index contributed by atoms with van der Waals surface area (Å²) in [5.74, 6) is 0.602. The molecule has 2 aromatic heterocycles. The fourth-order valence-electron chi connectivity index (χ4n) is 3.08. The minimum absolute atomic E-state index is 0.188. The SMILES string of the molecule is COCN1c2cc(C(O)c3ccc(SCC(=O)OC)nc3)ccc2Sc2nccnc21. The summed E-state index contributed by atoms with van der Waals surface area (Å²) in [6, 6.07) is 9.38. The van der Waals surface area contributed by atoms with E-state index < -0.39 is 6.10 Å². The topological polar surface area (TPSA) is 97.7 Å². The Morgan fingerprint density at radius 3 is 2.71 bits per heavy atom. The second kappa shape index (κ2) is 9.65. The number of aromatic nitrogens is 3. The van der Waals surface area contributed by atoms with Crippen LogP contribution in [0.15, 0.2) is 63.9 Å². The summed E-state index contributed by atoms with van der Waals surface area (Å²) in [4.78, 5) is 27.4. The van der Waals surface area contributed by atoms with Crippen molar-refractivity contribution in [3.05, 3.63) is 60.0 Å². The van der Waals surface area contributed by atoms with Crippen LogP contribution < -0.4 is 4.90 Å². The molecule has 0 saturated heterocycles. The number of methoxy groups -OCH3 is 2. The summed E-state index contributed by atoms with van der Waals surface area (Å²) in [5, 5.41) is 12.4. The average molecular weight is 457 g/mol. The zero-order valence-electron chi connectivity index (χ0n) is 16.9. The van der Waals surface area contributed by atoms with E-state index in [2.05, 4.69) is 19.7 Å². The lowest BCUT2D eigenvalue weighted by atomic mass is 10.0. The number of esters is 1. The Balaban J connectivity index is 1.57. The number of rotatable bonds is 7. The maximum absolute atomic E-state index is 11.3. The van der Waals surface area contributed by atoms with Gasteiger partial charge in [-0.15, -0.1) is 0 Å². The zero-order valence-corrected chi connectivity index (χ0v) is 18.5. The van der Waals surface area contributed by atoms with E-state index >= 15 is 0 Å². The first-order valence-electron chi connectivity index (χ1n) is 9.33. The molecule has 0 radical (unpaired) electrons. The van der Waals surface area contributed by atoms with Crippen LogP contribution in [0.5, 0.6) is 0 Å². The van der Waals surface area contributed by atoms with Crippen molar-refractivity contribution in [3.8, 4) is 0 Å². The first-order chi connectivity index (χ1) is 15.1. The van der Waals surface area contributed by atoms with Gasteiger partial charge in [0.2, 0.25) is 0 Å². The number of nitrogens with zero attached hydrogens (tertiary/aromatic N) is 4. The van der Waals surface area contributed by atoms with Crippen molar-refractivity contribution in [2.45, 2.75) is 21.1 Å². The number of aliphatic hydroxyl groups excluding tert-OH is 1. The molecule has 160 valence electrons. The van der Waals surface area contributed by atoms with Crippen LogP contribution in [0.3, 0.4) is 0 Å². The number of ether oxygens (including phenoxy) is 2. The molecule has 4 rings (SSSR count). The van der Waals surface area contributed by atoms with E-state index in [0.29, 0.717) is 17.3 Å². The molecule has 0 saturated carbocycles. The number of thioether (sulfide) groups is 1. The van der Waals surface area contributed by atoms with Crippen molar-refractivity contribution in [2.75, 3.05) is 31.6 Å². The highest BCUT2D eigenvalue weighted by Gasteiger charge is 2.26. The Kier molecular flexibility index (Phi) is 6.71. The summed E-state index contributed by atoms with van der Waals surface area (Å²) >= 11 is 2.82. The monoisotopic (exact) mass is 456 g/mol. The Morgan fingerprint density at radius 2 is 1.97 bits per heavy atom. The number of anilines is 2. The Hall–Kier alpha value is -2.66. The van der Waals surface area contributed by atoms with Gasteiger partial charge < -0.3 is 14.6 Å². The maximum atomic E-state index is 11.3. The predicted octanol–water partition coefficient (Wildman–Crippen LogP) is 3.43. The van der Waals surface area contributed by atoms with Crippen molar-refractivity contribution in [3.63, 3.8) is 0 Å². The van der Waals surface area contributed by atoms with E-state index in [0.717, 1.165) is 27.0 Å². The lowest BCUT2D eigenvalue weighted by Gasteiger charge is -2.30. The van der Waals surface area contributed by atoms with Crippen LogP contribution in [-0.2, 0) is 14.3 Å². The number of carbonyl (C=O) groups is 1. The van der Waals surface area contributed by atoms with Crippen LogP contribution in [0.4, 0.5) is 11.5 Å². The van der Waals surface area contributed by atoms with Gasteiger partial charge in [0.15, 0.2) is 5.82 Å². The van der Waals surface area contributed by atoms with Crippen LogP contribution >= 0.6 is 23.5 Å². The molecule has 8 nitrogen and oxygen atoms in total. The molecular weight excluding hydrogens is 436 g/mol. The van der Waals surface area contributed by atoms with Crippen LogP contribution in [0.2, 0.25) is 0 Å². The summed E-state index contributed by atoms with van der Waals surface area (Å²) < 4.78 is 10.0. The molecule has 0 spiro atoms. The predicted molar refractivity (Wildman–Crippen MR) is 118 cm³/mol. The number of benzene rings is 1. The van der Waals surface area contributed by atoms with Gasteiger partial charge in [0.05, 0.1) is 23.6 Å². The molecule has 1 aliphatic heterocycles. The molecule has 1 N–H and O–H groups in total. The lowest BCUT2D eigenvalue weighted by Crippen LogP contribution is -2.24. The fourth-order valence-corrected chi connectivity index (χ4v) is 4.74. The molecule has 3 aromatic rings. The molecule has 0 amide bonds. The van der Waals surface area contributed by atoms with E-state index in [1.807, 2.05) is 23.1 Å². The Labute approximate surface area is 188 Å². The summed E-state index contributed by atoms with van der Waals surface area (Å²) in [6.07, 6.45) is 4.08. The highest BCUT2D eigenvalue weighted by Crippen LogP contribution is 2.46. The van der Waals surface area contributed by atoms with Crippen LogP contribution in [-0.4, -0.2) is 52.7 Å². The Bertz CT molecular complexity index is 1080. The first-order valence-corrected chi connectivity index (χ1v) is 11.1. The van der Waals surface area contributed by atoms with Gasteiger partial charge in [-0.2, -0.15) is 0 Å². The van der Waals surface area contributed by atoms with Crippen molar-refractivity contribution < 1.29 is 19.4 Å². The number of fused-ring (bicyclic) bond motifs is 2. The third kappa shape index (κ3) is 4.67. The van der Waals surface area contributed by atoms with Gasteiger partial charge in [0.1, 0.15) is 17.9 Å². The highest BCUT2D eigenvalue weighted by atomic mass is 32.2. The third-order valence-electron chi connectivity index (χ3n) is 4.60. The summed E-state index contributed by atoms with van der Waals surface area (Å²) in [6.45, 7) is 0.312. The third-order valence-corrected chi connectivity index (χ3v) is 6.56. The molecule has 31 heavy (non-hydrogen) atoms. The molecule has 0 fully saturated rings. The van der Waals surface area contributed by atoms with Crippen LogP contribution in [0.1, 0.15) is 17.2 Å². The quantitative estimate of drug-likeness (QED) is 0.421. The average Bonchev–Trinajstić information content (AvgIpc) is 2.82. The second-order valence-electron chi connectivity index (χ2n) is 6.56. The largest absolute Gasteiger partial charge is 0.468 e. The summed E-state index contributed by atoms with van der Waals surface area (Å²) in [7, 11) is 2.98. The maximum Gasteiger partial charge on any atom is 0.316 e. The van der Waals surface area contributed by atoms with Gasteiger partial charge in [-0.1, -0.05) is 35.7 Å². The second-order valence-corrected chi connectivity index (χ2v) is 8.58. The molecule has 0 bridgehead atoms. The molecule has 0 aliphatic carbocycles. The number of pyridine rings is 1. The number of carbonyl (C=O) groups excluding carboxylic acids is 1. The van der Waals surface area contributed by atoms with Crippen molar-refractivity contribution >= 4 is 41.0 Å². The van der Waals surface area contributed by atoms with Gasteiger partial charge in [-0.05, 0) is 23.8 Å². The first kappa shape index (κ1) is 21.6. The van der Waals surface area contributed by atoms with Gasteiger partial charge in [-0.25, -0.2) is 15.0 Å². The fraction of sp³-hybridized carbons (Fsp3) is 0.238. The standard InChI is InChI=1S/C21H20N4O4S2/c1-28-12-25-15-9-13(3-5-16(15)31-21-20(25)22-7-8-23-21)19(27)14-4-6-17(24-10-14)30-11-18(26)29-2/h3-10,19,27H,11-12H2,1-2H3. The van der Waals surface area contributed by atoms with Gasteiger partial charge in [0.25, 0.3) is 0 Å². The molecular formula is C21H20N4O4S2. The normalized spacial score (nSPS) is 13.3. The number of hydrogen-bond acceptors (Lipinski definition) is 10. The zero-order chi connectivity index (χ0) is 21.8. The van der Waals surface area contributed by atoms with Crippen molar-refractivity contribution in [1.29, 1.82) is 0 Å². The van der Waals surface area contributed by atoms with E-state index in [-0.39, 0.29) is 11.7 Å². The van der Waals surface area contributed by atoms with Crippen LogP contribution in [0, 0.1) is 0 Å².